The Hall–Kier alpha value is -3.21. The van der Waals surface area contributed by atoms with Crippen molar-refractivity contribution in [1.29, 1.82) is 0 Å². The van der Waals surface area contributed by atoms with E-state index in [1.807, 2.05) is 6.92 Å². The molecule has 7 nitrogen and oxygen atoms in total. The minimum absolute atomic E-state index is 0.0218. The van der Waals surface area contributed by atoms with Crippen LogP contribution in [0.2, 0.25) is 0 Å². The first kappa shape index (κ1) is 23.0. The van der Waals surface area contributed by atoms with Crippen LogP contribution < -0.4 is 15.4 Å². The Morgan fingerprint density at radius 2 is 2.00 bits per heavy atom. The summed E-state index contributed by atoms with van der Waals surface area (Å²) < 4.78 is 46.8. The van der Waals surface area contributed by atoms with Gasteiger partial charge in [0.05, 0.1) is 34.6 Å². The molecule has 0 aliphatic carbocycles. The maximum Gasteiger partial charge on any atom is 0.416 e. The SMILES string of the molecule is CCCn1c(SCC(=O)N2CC(C(N)=O)Oc3ccccc32)nc2ccc(C(F)(F)F)cc21. The fourth-order valence-corrected chi connectivity index (χ4v) is 4.57. The monoisotopic (exact) mass is 478 g/mol. The summed E-state index contributed by atoms with van der Waals surface area (Å²) in [6.07, 6.45) is -4.75. The van der Waals surface area contributed by atoms with Crippen LogP contribution >= 0.6 is 11.8 Å². The van der Waals surface area contributed by atoms with Crippen molar-refractivity contribution in [1.82, 2.24) is 9.55 Å². The smallest absolute Gasteiger partial charge is 0.416 e. The lowest BCUT2D eigenvalue weighted by molar-refractivity contribution is -0.137. The van der Waals surface area contributed by atoms with Crippen LogP contribution in [0.25, 0.3) is 11.0 Å². The number of benzene rings is 2. The fourth-order valence-electron chi connectivity index (χ4n) is 3.65. The number of amides is 2. The van der Waals surface area contributed by atoms with Crippen LogP contribution in [0.4, 0.5) is 18.9 Å². The van der Waals surface area contributed by atoms with E-state index in [9.17, 15) is 22.8 Å². The molecule has 2 N–H and O–H groups in total. The maximum absolute atomic E-state index is 13.2. The molecule has 3 aromatic rings. The number of para-hydroxylation sites is 2. The summed E-state index contributed by atoms with van der Waals surface area (Å²) in [6, 6.07) is 10.3. The first-order valence-electron chi connectivity index (χ1n) is 10.2. The van der Waals surface area contributed by atoms with Crippen LogP contribution in [0.3, 0.4) is 0 Å². The van der Waals surface area contributed by atoms with Crippen LogP contribution in [0.1, 0.15) is 18.9 Å². The van der Waals surface area contributed by atoms with Crippen molar-refractivity contribution in [2.45, 2.75) is 37.3 Å². The molecule has 0 saturated carbocycles. The lowest BCUT2D eigenvalue weighted by Gasteiger charge is -2.33. The van der Waals surface area contributed by atoms with Gasteiger partial charge in [-0.1, -0.05) is 30.8 Å². The third-order valence-electron chi connectivity index (χ3n) is 5.20. The molecule has 33 heavy (non-hydrogen) atoms. The second-order valence-electron chi connectivity index (χ2n) is 7.52. The second-order valence-corrected chi connectivity index (χ2v) is 8.46. The van der Waals surface area contributed by atoms with E-state index in [4.69, 9.17) is 10.5 Å². The Bertz CT molecular complexity index is 1210. The van der Waals surface area contributed by atoms with Gasteiger partial charge in [0.1, 0.15) is 5.75 Å². The molecule has 1 aliphatic heterocycles. The highest BCUT2D eigenvalue weighted by Crippen LogP contribution is 2.35. The number of imidazole rings is 1. The first-order valence-corrected chi connectivity index (χ1v) is 11.2. The second kappa shape index (κ2) is 8.97. The molecule has 4 rings (SSSR count). The number of ether oxygens (including phenoxy) is 1. The number of alkyl halides is 3. The third-order valence-corrected chi connectivity index (χ3v) is 6.17. The van der Waals surface area contributed by atoms with Gasteiger partial charge in [0.25, 0.3) is 5.91 Å². The van der Waals surface area contributed by atoms with Crippen molar-refractivity contribution in [3.63, 3.8) is 0 Å². The van der Waals surface area contributed by atoms with E-state index in [0.29, 0.717) is 40.6 Å². The number of halogens is 3. The number of hydrogen-bond donors (Lipinski definition) is 1. The molecular formula is C22H21F3N4O3S. The average molecular weight is 478 g/mol. The number of nitrogens with zero attached hydrogens (tertiary/aromatic N) is 3. The molecule has 0 saturated heterocycles. The van der Waals surface area contributed by atoms with Crippen molar-refractivity contribution in [3.8, 4) is 5.75 Å². The number of nitrogens with two attached hydrogens (primary N) is 1. The Kier molecular flexibility index (Phi) is 6.24. The van der Waals surface area contributed by atoms with E-state index >= 15 is 0 Å². The molecule has 174 valence electrons. The first-order chi connectivity index (χ1) is 15.7. The number of hydrogen-bond acceptors (Lipinski definition) is 5. The van der Waals surface area contributed by atoms with Gasteiger partial charge in [-0.05, 0) is 36.8 Å². The zero-order valence-corrected chi connectivity index (χ0v) is 18.4. The number of fused-ring (bicyclic) bond motifs is 2. The Morgan fingerprint density at radius 3 is 2.70 bits per heavy atom. The van der Waals surface area contributed by atoms with Crippen molar-refractivity contribution in [2.24, 2.45) is 5.73 Å². The summed E-state index contributed by atoms with van der Waals surface area (Å²) in [4.78, 5) is 30.7. The predicted octanol–water partition coefficient (Wildman–Crippen LogP) is 3.84. The topological polar surface area (TPSA) is 90.5 Å². The zero-order valence-electron chi connectivity index (χ0n) is 17.6. The van der Waals surface area contributed by atoms with Gasteiger partial charge in [0, 0.05) is 6.54 Å². The van der Waals surface area contributed by atoms with Crippen LogP contribution in [-0.4, -0.2) is 39.8 Å². The van der Waals surface area contributed by atoms with Gasteiger partial charge in [-0.2, -0.15) is 13.2 Å². The molecule has 1 unspecified atom stereocenters. The minimum atomic E-state index is -4.46. The molecule has 1 aromatic heterocycles. The minimum Gasteiger partial charge on any atom is -0.477 e. The molecule has 11 heteroatoms. The molecule has 0 bridgehead atoms. The van der Waals surface area contributed by atoms with Gasteiger partial charge in [-0.3, -0.25) is 9.59 Å². The highest BCUT2D eigenvalue weighted by Gasteiger charge is 2.33. The number of carbonyl (C=O) groups excluding carboxylic acids is 2. The molecular weight excluding hydrogens is 457 g/mol. The molecule has 0 radical (unpaired) electrons. The van der Waals surface area contributed by atoms with Gasteiger partial charge >= 0.3 is 6.18 Å². The van der Waals surface area contributed by atoms with Crippen LogP contribution in [0.15, 0.2) is 47.6 Å². The number of carbonyl (C=O) groups is 2. The summed E-state index contributed by atoms with van der Waals surface area (Å²) in [5.41, 5.74) is 5.96. The van der Waals surface area contributed by atoms with Crippen molar-refractivity contribution < 1.29 is 27.5 Å². The van der Waals surface area contributed by atoms with Crippen molar-refractivity contribution in [3.05, 3.63) is 48.0 Å². The van der Waals surface area contributed by atoms with E-state index in [1.165, 1.54) is 11.0 Å². The lowest BCUT2D eigenvalue weighted by Crippen LogP contribution is -2.49. The molecule has 2 amide bonds. The summed E-state index contributed by atoms with van der Waals surface area (Å²) in [5.74, 6) is -0.629. The quantitative estimate of drug-likeness (QED) is 0.544. The number of anilines is 1. The van der Waals surface area contributed by atoms with E-state index in [-0.39, 0.29) is 18.2 Å². The summed E-state index contributed by atoms with van der Waals surface area (Å²) >= 11 is 1.13. The van der Waals surface area contributed by atoms with Gasteiger partial charge < -0.3 is 19.9 Å². The lowest BCUT2D eigenvalue weighted by atomic mass is 10.2. The Morgan fingerprint density at radius 1 is 1.24 bits per heavy atom. The van der Waals surface area contributed by atoms with Crippen molar-refractivity contribution >= 4 is 40.3 Å². The highest BCUT2D eigenvalue weighted by atomic mass is 32.2. The number of rotatable bonds is 6. The Balaban J connectivity index is 1.60. The predicted molar refractivity (Wildman–Crippen MR) is 118 cm³/mol. The average Bonchev–Trinajstić information content (AvgIpc) is 3.13. The van der Waals surface area contributed by atoms with E-state index in [0.717, 1.165) is 23.9 Å². The van der Waals surface area contributed by atoms with E-state index in [1.54, 1.807) is 28.8 Å². The molecule has 2 heterocycles. The van der Waals surface area contributed by atoms with E-state index < -0.39 is 23.8 Å². The molecule has 1 aliphatic rings. The van der Waals surface area contributed by atoms with Crippen LogP contribution in [-0.2, 0) is 22.3 Å². The normalized spacial score (nSPS) is 15.9. The largest absolute Gasteiger partial charge is 0.477 e. The molecule has 0 spiro atoms. The van der Waals surface area contributed by atoms with Gasteiger partial charge in [-0.15, -0.1) is 0 Å². The Labute approximate surface area is 191 Å². The maximum atomic E-state index is 13.2. The number of primary amides is 1. The molecule has 0 fully saturated rings. The molecule has 1 atom stereocenters. The number of thioether (sulfide) groups is 1. The number of aryl methyl sites for hydroxylation is 1. The highest BCUT2D eigenvalue weighted by molar-refractivity contribution is 7.99. The zero-order chi connectivity index (χ0) is 23.8. The number of aromatic nitrogens is 2. The fraction of sp³-hybridized carbons (Fsp3) is 0.318. The van der Waals surface area contributed by atoms with Gasteiger partial charge in [0.15, 0.2) is 11.3 Å². The standard InChI is InChI=1S/C22H21F3N4O3S/c1-2-9-28-16-10-13(22(23,24)25)7-8-14(16)27-21(28)33-12-19(30)29-11-18(20(26)31)32-17-6-4-3-5-15(17)29/h3-8,10,18H,2,9,11-12H2,1H3,(H2,26,31). The summed E-state index contributed by atoms with van der Waals surface area (Å²) in [6.45, 7) is 2.35. The summed E-state index contributed by atoms with van der Waals surface area (Å²) in [7, 11) is 0. The van der Waals surface area contributed by atoms with Gasteiger partial charge in [-0.25, -0.2) is 4.98 Å². The van der Waals surface area contributed by atoms with Crippen LogP contribution in [0, 0.1) is 0 Å². The molecule has 2 aromatic carbocycles. The van der Waals surface area contributed by atoms with E-state index in [2.05, 4.69) is 4.98 Å². The van der Waals surface area contributed by atoms with Gasteiger partial charge in [0.2, 0.25) is 5.91 Å². The van der Waals surface area contributed by atoms with Crippen LogP contribution in [0.5, 0.6) is 5.75 Å². The summed E-state index contributed by atoms with van der Waals surface area (Å²) in [5, 5.41) is 0.451. The van der Waals surface area contributed by atoms with Crippen molar-refractivity contribution in [2.75, 3.05) is 17.2 Å². The third kappa shape index (κ3) is 4.63.